The quantitative estimate of drug-likeness (QED) is 0.610. The first kappa shape index (κ1) is 10.0. The van der Waals surface area contributed by atoms with Gasteiger partial charge in [0.25, 0.3) is 5.69 Å². The fourth-order valence-electron chi connectivity index (χ4n) is 1.82. The summed E-state index contributed by atoms with van der Waals surface area (Å²) in [5, 5.41) is 10.4. The van der Waals surface area contributed by atoms with E-state index in [1.54, 1.807) is 0 Å². The molecule has 5 heteroatoms. The number of hydrogen-bond acceptors (Lipinski definition) is 3. The van der Waals surface area contributed by atoms with E-state index in [1.807, 2.05) is 0 Å². The maximum absolute atomic E-state index is 13.5. The summed E-state index contributed by atoms with van der Waals surface area (Å²) < 4.78 is 13.5. The fourth-order valence-corrected chi connectivity index (χ4v) is 1.82. The molecule has 0 saturated heterocycles. The molecule has 1 aliphatic carbocycles. The van der Waals surface area contributed by atoms with Gasteiger partial charge < -0.3 is 5.73 Å². The Balaban J connectivity index is 2.24. The minimum absolute atomic E-state index is 0.149. The largest absolute Gasteiger partial charge is 0.330 e. The van der Waals surface area contributed by atoms with E-state index in [1.165, 1.54) is 12.1 Å². The average molecular weight is 210 g/mol. The van der Waals surface area contributed by atoms with Gasteiger partial charge in [0.05, 0.1) is 11.0 Å². The molecule has 1 aliphatic rings. The van der Waals surface area contributed by atoms with Crippen LogP contribution in [0.25, 0.3) is 0 Å². The second-order valence-electron chi connectivity index (χ2n) is 3.80. The third-order valence-electron chi connectivity index (χ3n) is 2.82. The van der Waals surface area contributed by atoms with Gasteiger partial charge in [-0.1, -0.05) is 0 Å². The van der Waals surface area contributed by atoms with E-state index >= 15 is 0 Å². The Morgan fingerprint density at radius 3 is 2.80 bits per heavy atom. The lowest BCUT2D eigenvalue weighted by Crippen LogP contribution is -2.02. The number of nitrogens with two attached hydrogens (primary N) is 1. The topological polar surface area (TPSA) is 69.2 Å². The van der Waals surface area contributed by atoms with Gasteiger partial charge in [-0.3, -0.25) is 10.1 Å². The highest BCUT2D eigenvalue weighted by molar-refractivity contribution is 5.38. The van der Waals surface area contributed by atoms with Crippen LogP contribution in [0.4, 0.5) is 10.1 Å². The fraction of sp³-hybridized carbons (Fsp3) is 0.400. The summed E-state index contributed by atoms with van der Waals surface area (Å²) in [5.74, 6) is -0.0121. The van der Waals surface area contributed by atoms with Crippen molar-refractivity contribution in [1.29, 1.82) is 0 Å². The van der Waals surface area contributed by atoms with Crippen molar-refractivity contribution in [2.24, 2.45) is 11.7 Å². The first-order valence-corrected chi connectivity index (χ1v) is 4.77. The van der Waals surface area contributed by atoms with Crippen LogP contribution in [-0.2, 0) is 0 Å². The van der Waals surface area contributed by atoms with Crippen LogP contribution in [0.5, 0.6) is 0 Å². The van der Waals surface area contributed by atoms with Crippen molar-refractivity contribution >= 4 is 5.69 Å². The molecule has 0 unspecified atom stereocenters. The Kier molecular flexibility index (Phi) is 2.40. The third kappa shape index (κ3) is 1.83. The molecule has 0 aliphatic heterocycles. The molecule has 0 heterocycles. The molecule has 1 aromatic carbocycles. The molecule has 4 nitrogen and oxygen atoms in total. The van der Waals surface area contributed by atoms with Gasteiger partial charge in [0.15, 0.2) is 0 Å². The monoisotopic (exact) mass is 210 g/mol. The Morgan fingerprint density at radius 2 is 2.33 bits per heavy atom. The van der Waals surface area contributed by atoms with Gasteiger partial charge in [0.1, 0.15) is 5.82 Å². The predicted octanol–water partition coefficient (Wildman–Crippen LogP) is 1.80. The highest BCUT2D eigenvalue weighted by Gasteiger charge is 2.38. The summed E-state index contributed by atoms with van der Waals surface area (Å²) in [4.78, 5) is 9.79. The van der Waals surface area contributed by atoms with Gasteiger partial charge in [-0.25, -0.2) is 4.39 Å². The molecule has 1 saturated carbocycles. The summed E-state index contributed by atoms with van der Waals surface area (Å²) in [5.41, 5.74) is 5.80. The highest BCUT2D eigenvalue weighted by Crippen LogP contribution is 2.47. The number of non-ortho nitro benzene ring substituents is 1. The van der Waals surface area contributed by atoms with Crippen LogP contribution in [0, 0.1) is 21.8 Å². The second kappa shape index (κ2) is 3.58. The molecule has 0 aromatic heterocycles. The molecule has 80 valence electrons. The zero-order valence-electron chi connectivity index (χ0n) is 8.02. The maximum atomic E-state index is 13.5. The number of nitro benzene ring substituents is 1. The Morgan fingerprint density at radius 1 is 1.60 bits per heavy atom. The van der Waals surface area contributed by atoms with E-state index in [2.05, 4.69) is 0 Å². The van der Waals surface area contributed by atoms with Crippen molar-refractivity contribution in [2.75, 3.05) is 6.54 Å². The molecule has 2 rings (SSSR count). The first-order chi connectivity index (χ1) is 7.13. The first-order valence-electron chi connectivity index (χ1n) is 4.77. The smallest absolute Gasteiger partial charge is 0.272 e. The molecule has 15 heavy (non-hydrogen) atoms. The lowest BCUT2D eigenvalue weighted by atomic mass is 10.1. The van der Waals surface area contributed by atoms with Crippen LogP contribution < -0.4 is 5.73 Å². The number of nitro groups is 1. The molecule has 0 radical (unpaired) electrons. The van der Waals surface area contributed by atoms with Crippen LogP contribution in [0.1, 0.15) is 17.9 Å². The van der Waals surface area contributed by atoms with Gasteiger partial charge in [0.2, 0.25) is 0 Å². The van der Waals surface area contributed by atoms with Crippen LogP contribution in [0.3, 0.4) is 0 Å². The van der Waals surface area contributed by atoms with Crippen molar-refractivity contribution < 1.29 is 9.31 Å². The Bertz CT molecular complexity index is 408. The lowest BCUT2D eigenvalue weighted by molar-refractivity contribution is -0.385. The molecule has 1 aromatic rings. The molecular weight excluding hydrogens is 199 g/mol. The van der Waals surface area contributed by atoms with Gasteiger partial charge in [-0.05, 0) is 36.4 Å². The van der Waals surface area contributed by atoms with Crippen LogP contribution in [-0.4, -0.2) is 11.5 Å². The van der Waals surface area contributed by atoms with E-state index in [0.29, 0.717) is 18.0 Å². The number of hydrogen-bond donors (Lipinski definition) is 1. The summed E-state index contributed by atoms with van der Waals surface area (Å²) in [7, 11) is 0. The molecule has 2 N–H and O–H groups in total. The van der Waals surface area contributed by atoms with Crippen molar-refractivity contribution in [1.82, 2.24) is 0 Å². The molecule has 0 bridgehead atoms. The normalized spacial score (nSPS) is 23.9. The number of nitrogens with zero attached hydrogens (tertiary/aromatic N) is 1. The standard InChI is InChI=1S/C10H11FN2O2/c11-10-4-7(13(14)15)1-2-8(10)9-3-6(9)5-12/h1-2,4,6,9H,3,5,12H2/t6-,9+/m0/s1. The van der Waals surface area contributed by atoms with E-state index in [0.717, 1.165) is 12.5 Å². The zero-order valence-corrected chi connectivity index (χ0v) is 8.02. The van der Waals surface area contributed by atoms with Crippen LogP contribution in [0.2, 0.25) is 0 Å². The van der Waals surface area contributed by atoms with Crippen molar-refractivity contribution in [3.8, 4) is 0 Å². The summed E-state index contributed by atoms with van der Waals surface area (Å²) in [6.07, 6.45) is 0.880. The third-order valence-corrected chi connectivity index (χ3v) is 2.82. The summed E-state index contributed by atoms with van der Waals surface area (Å²) in [6.45, 7) is 0.543. The van der Waals surface area contributed by atoms with E-state index in [-0.39, 0.29) is 11.6 Å². The molecule has 1 fully saturated rings. The van der Waals surface area contributed by atoms with E-state index in [4.69, 9.17) is 5.73 Å². The van der Waals surface area contributed by atoms with E-state index in [9.17, 15) is 14.5 Å². The van der Waals surface area contributed by atoms with Crippen LogP contribution >= 0.6 is 0 Å². The van der Waals surface area contributed by atoms with Gasteiger partial charge in [-0.15, -0.1) is 0 Å². The van der Waals surface area contributed by atoms with Crippen LogP contribution in [0.15, 0.2) is 18.2 Å². The van der Waals surface area contributed by atoms with Crippen molar-refractivity contribution in [3.05, 3.63) is 39.7 Å². The maximum Gasteiger partial charge on any atom is 0.272 e. The molecule has 2 atom stereocenters. The lowest BCUT2D eigenvalue weighted by Gasteiger charge is -2.01. The Labute approximate surface area is 86.0 Å². The predicted molar refractivity (Wildman–Crippen MR) is 53.0 cm³/mol. The number of rotatable bonds is 3. The SMILES string of the molecule is NC[C@@H]1C[C@H]1c1ccc([N+](=O)[O-])cc1F. The molecular formula is C10H11FN2O2. The van der Waals surface area contributed by atoms with E-state index < -0.39 is 10.7 Å². The minimum Gasteiger partial charge on any atom is -0.330 e. The van der Waals surface area contributed by atoms with Gasteiger partial charge >= 0.3 is 0 Å². The highest BCUT2D eigenvalue weighted by atomic mass is 19.1. The summed E-state index contributed by atoms with van der Waals surface area (Å²) in [6, 6.07) is 3.80. The second-order valence-corrected chi connectivity index (χ2v) is 3.80. The average Bonchev–Trinajstić information content (AvgIpc) is 2.96. The minimum atomic E-state index is -0.597. The molecule has 0 amide bonds. The van der Waals surface area contributed by atoms with Crippen molar-refractivity contribution in [3.63, 3.8) is 0 Å². The Hall–Kier alpha value is -1.49. The van der Waals surface area contributed by atoms with Crippen molar-refractivity contribution in [2.45, 2.75) is 12.3 Å². The summed E-state index contributed by atoms with van der Waals surface area (Å²) >= 11 is 0. The number of benzene rings is 1. The molecule has 0 spiro atoms. The van der Waals surface area contributed by atoms with Gasteiger partial charge in [0, 0.05) is 6.07 Å². The number of halogens is 1. The zero-order chi connectivity index (χ0) is 11.0. The van der Waals surface area contributed by atoms with Gasteiger partial charge in [-0.2, -0.15) is 0 Å².